The fourth-order valence-corrected chi connectivity index (χ4v) is 1.38. The van der Waals surface area contributed by atoms with Gasteiger partial charge in [-0.2, -0.15) is 57.1 Å². The van der Waals surface area contributed by atoms with Gasteiger partial charge in [-0.3, -0.25) is 0 Å². The Bertz CT molecular complexity index is 529. The molecule has 1 amide bonds. The van der Waals surface area contributed by atoms with Crippen molar-refractivity contribution in [3.63, 3.8) is 0 Å². The number of carbonyl (C=O) groups excluding carboxylic acids is 1. The van der Waals surface area contributed by atoms with E-state index in [9.17, 15) is 61.9 Å². The van der Waals surface area contributed by atoms with Gasteiger partial charge in [0.25, 0.3) is 0 Å². The molecule has 0 aromatic heterocycles. The zero-order valence-corrected chi connectivity index (χ0v) is 12.6. The molecule has 0 aromatic rings. The third-order valence-electron chi connectivity index (χ3n) is 2.92. The van der Waals surface area contributed by atoms with Crippen LogP contribution in [0.5, 0.6) is 0 Å². The van der Waals surface area contributed by atoms with Crippen LogP contribution in [0.3, 0.4) is 0 Å². The summed E-state index contributed by atoms with van der Waals surface area (Å²) in [5.41, 5.74) is 0. The van der Waals surface area contributed by atoms with Gasteiger partial charge >= 0.3 is 41.9 Å². The minimum atomic E-state index is -7.95. The summed E-state index contributed by atoms with van der Waals surface area (Å²) in [6, 6.07) is 0. The van der Waals surface area contributed by atoms with Crippen LogP contribution in [0.2, 0.25) is 0 Å². The SMILES string of the molecule is [CH2]CNC(=O)OCCC(F)(F)C(F)(F)C(F)(F)C(F)(F)C(F)(F)C(F)(F)F. The lowest BCUT2D eigenvalue weighted by Crippen LogP contribution is -2.70. The number of ether oxygens (including phenoxy) is 1. The maximum Gasteiger partial charge on any atom is 0.460 e. The number of carbonyl (C=O) groups is 1. The fourth-order valence-electron chi connectivity index (χ4n) is 1.38. The van der Waals surface area contributed by atoms with Gasteiger partial charge in [-0.15, -0.1) is 0 Å². The highest BCUT2D eigenvalue weighted by atomic mass is 19.4. The predicted octanol–water partition coefficient (Wildman–Crippen LogP) is 4.68. The van der Waals surface area contributed by atoms with Crippen molar-refractivity contribution < 1.29 is 66.6 Å². The van der Waals surface area contributed by atoms with Crippen LogP contribution in [0.1, 0.15) is 6.42 Å². The van der Waals surface area contributed by atoms with Crippen LogP contribution < -0.4 is 5.32 Å². The van der Waals surface area contributed by atoms with E-state index < -0.39 is 61.5 Å². The topological polar surface area (TPSA) is 38.3 Å². The Morgan fingerprint density at radius 2 is 1.15 bits per heavy atom. The highest BCUT2D eigenvalue weighted by Gasteiger charge is 2.90. The Kier molecular flexibility index (Phi) is 6.96. The first-order valence-corrected chi connectivity index (χ1v) is 6.36. The first-order chi connectivity index (χ1) is 11.7. The van der Waals surface area contributed by atoms with E-state index in [0.717, 1.165) is 0 Å². The zero-order valence-electron chi connectivity index (χ0n) is 12.6. The van der Waals surface area contributed by atoms with Crippen molar-refractivity contribution in [3.05, 3.63) is 6.92 Å². The maximum absolute atomic E-state index is 13.2. The molecule has 1 radical (unpaired) electrons. The van der Waals surface area contributed by atoms with Crippen molar-refractivity contribution >= 4 is 6.09 Å². The summed E-state index contributed by atoms with van der Waals surface area (Å²) in [5, 5.41) is 1.66. The maximum atomic E-state index is 13.2. The molecule has 0 aliphatic carbocycles. The standard InChI is InChI=1S/C11H9F13NO2/c1-2-25-5(26)27-4-3-6(12,13)7(14,15)8(16,17)9(18,19)10(20,21)11(22,23)24/h1-4H2,(H,25,26). The summed E-state index contributed by atoms with van der Waals surface area (Å²) < 4.78 is 169. The lowest BCUT2D eigenvalue weighted by atomic mass is 9.93. The number of hydrogen-bond acceptors (Lipinski definition) is 2. The highest BCUT2D eigenvalue weighted by Crippen LogP contribution is 2.60. The van der Waals surface area contributed by atoms with Crippen molar-refractivity contribution in [3.8, 4) is 0 Å². The van der Waals surface area contributed by atoms with Crippen molar-refractivity contribution in [2.75, 3.05) is 13.2 Å². The first-order valence-electron chi connectivity index (χ1n) is 6.36. The third-order valence-corrected chi connectivity index (χ3v) is 2.92. The average molecular weight is 434 g/mol. The normalized spacial score (nSPS) is 14.9. The van der Waals surface area contributed by atoms with E-state index in [0.29, 0.717) is 0 Å². The van der Waals surface area contributed by atoms with E-state index in [1.165, 1.54) is 0 Å². The molecule has 16 heteroatoms. The number of amides is 1. The number of alkyl halides is 13. The Balaban J connectivity index is 5.71. The molecule has 1 N–H and O–H groups in total. The zero-order chi connectivity index (χ0) is 22.1. The number of rotatable bonds is 8. The summed E-state index contributed by atoms with van der Waals surface area (Å²) >= 11 is 0. The molecule has 0 saturated carbocycles. The van der Waals surface area contributed by atoms with Crippen LogP contribution in [-0.2, 0) is 4.74 Å². The summed E-state index contributed by atoms with van der Waals surface area (Å²) in [6.45, 7) is 0.798. The van der Waals surface area contributed by atoms with Crippen molar-refractivity contribution in [2.45, 2.75) is 42.2 Å². The van der Waals surface area contributed by atoms with Crippen molar-refractivity contribution in [2.24, 2.45) is 0 Å². The molecule has 27 heavy (non-hydrogen) atoms. The van der Waals surface area contributed by atoms with E-state index >= 15 is 0 Å². The summed E-state index contributed by atoms with van der Waals surface area (Å²) in [7, 11) is 0. The Labute approximate surface area is 141 Å². The smallest absolute Gasteiger partial charge is 0.449 e. The molecule has 0 saturated heterocycles. The van der Waals surface area contributed by atoms with Gasteiger partial charge in [0.15, 0.2) is 0 Å². The molecule has 0 aromatic carbocycles. The molecule has 0 heterocycles. The second kappa shape index (κ2) is 7.41. The molecule has 161 valence electrons. The fraction of sp³-hybridized carbons (Fsp3) is 0.818. The number of alkyl carbamates (subject to hydrolysis) is 1. The number of halogens is 13. The summed E-state index contributed by atoms with van der Waals surface area (Å²) in [4.78, 5) is 10.7. The Morgan fingerprint density at radius 3 is 1.52 bits per heavy atom. The molecule has 0 aliphatic rings. The Morgan fingerprint density at radius 1 is 0.741 bits per heavy atom. The quantitative estimate of drug-likeness (QED) is 0.564. The lowest BCUT2D eigenvalue weighted by Gasteiger charge is -2.39. The molecule has 0 atom stereocenters. The first kappa shape index (κ1) is 25.4. The van der Waals surface area contributed by atoms with Crippen LogP contribution >= 0.6 is 0 Å². The molecule has 0 unspecified atom stereocenters. The minimum absolute atomic E-state index is 0.401. The molecular formula is C11H9F13NO2. The van der Waals surface area contributed by atoms with Crippen LogP contribution in [0, 0.1) is 6.92 Å². The highest BCUT2D eigenvalue weighted by molar-refractivity contribution is 5.67. The molecule has 0 aliphatic heterocycles. The van der Waals surface area contributed by atoms with Crippen LogP contribution in [0.15, 0.2) is 0 Å². The van der Waals surface area contributed by atoms with Gasteiger partial charge in [-0.25, -0.2) is 4.79 Å². The molecule has 0 spiro atoms. The van der Waals surface area contributed by atoms with Gasteiger partial charge in [0.1, 0.15) is 0 Å². The van der Waals surface area contributed by atoms with Gasteiger partial charge in [-0.05, 0) is 6.92 Å². The van der Waals surface area contributed by atoms with E-state index in [2.05, 4.69) is 11.7 Å². The van der Waals surface area contributed by atoms with E-state index in [4.69, 9.17) is 0 Å². The molecule has 0 rings (SSSR count). The molecular weight excluding hydrogens is 425 g/mol. The minimum Gasteiger partial charge on any atom is -0.449 e. The lowest BCUT2D eigenvalue weighted by molar-refractivity contribution is -0.440. The van der Waals surface area contributed by atoms with Gasteiger partial charge in [-0.1, -0.05) is 0 Å². The monoisotopic (exact) mass is 434 g/mol. The molecule has 3 nitrogen and oxygen atoms in total. The van der Waals surface area contributed by atoms with Gasteiger partial charge < -0.3 is 10.1 Å². The largest absolute Gasteiger partial charge is 0.460 e. The average Bonchev–Trinajstić information content (AvgIpc) is 2.45. The molecule has 0 bridgehead atoms. The second-order valence-corrected chi connectivity index (χ2v) is 4.81. The Hall–Kier alpha value is -1.64. The van der Waals surface area contributed by atoms with Crippen molar-refractivity contribution in [1.29, 1.82) is 0 Å². The van der Waals surface area contributed by atoms with Crippen molar-refractivity contribution in [1.82, 2.24) is 5.32 Å². The van der Waals surface area contributed by atoms with Gasteiger partial charge in [0, 0.05) is 6.54 Å². The van der Waals surface area contributed by atoms with Crippen LogP contribution in [0.4, 0.5) is 61.9 Å². The predicted molar refractivity (Wildman–Crippen MR) is 60.1 cm³/mol. The van der Waals surface area contributed by atoms with E-state index in [1.807, 2.05) is 0 Å². The number of nitrogens with one attached hydrogen (secondary N) is 1. The summed E-state index contributed by atoms with van der Waals surface area (Å²) in [6.07, 6.45) is -11.6. The van der Waals surface area contributed by atoms with Gasteiger partial charge in [0.2, 0.25) is 0 Å². The molecule has 0 fully saturated rings. The third kappa shape index (κ3) is 4.28. The second-order valence-electron chi connectivity index (χ2n) is 4.81. The van der Waals surface area contributed by atoms with Gasteiger partial charge in [0.05, 0.1) is 13.0 Å². The van der Waals surface area contributed by atoms with E-state index in [-0.39, 0.29) is 0 Å². The van der Waals surface area contributed by atoms with Crippen LogP contribution in [-0.4, -0.2) is 55.0 Å². The van der Waals surface area contributed by atoms with E-state index in [1.54, 1.807) is 5.32 Å². The summed E-state index contributed by atoms with van der Waals surface area (Å²) in [5.74, 6) is -37.2. The van der Waals surface area contributed by atoms with Crippen LogP contribution in [0.25, 0.3) is 0 Å². The number of hydrogen-bond donors (Lipinski definition) is 1.